The quantitative estimate of drug-likeness (QED) is 0.365. The normalized spacial score (nSPS) is 15.1. The Balaban J connectivity index is 0.00000280. The maximum atomic E-state index is 4.66. The van der Waals surface area contributed by atoms with Gasteiger partial charge in [-0.15, -0.1) is 24.0 Å². The second kappa shape index (κ2) is 11.8. The zero-order valence-corrected chi connectivity index (χ0v) is 19.1. The van der Waals surface area contributed by atoms with Crippen LogP contribution in [0.5, 0.6) is 0 Å². The molecule has 0 unspecified atom stereocenters. The molecule has 2 N–H and O–H groups in total. The van der Waals surface area contributed by atoms with Crippen LogP contribution in [0, 0.1) is 5.92 Å². The maximum absolute atomic E-state index is 4.66. The number of nitrogens with zero attached hydrogens (tertiary/aromatic N) is 4. The molecule has 0 amide bonds. The first-order valence-corrected chi connectivity index (χ1v) is 9.86. The van der Waals surface area contributed by atoms with Gasteiger partial charge in [-0.1, -0.05) is 19.1 Å². The van der Waals surface area contributed by atoms with E-state index < -0.39 is 0 Å². The maximum Gasteiger partial charge on any atom is 0.191 e. The largest absolute Gasteiger partial charge is 0.357 e. The van der Waals surface area contributed by atoms with Crippen LogP contribution < -0.4 is 15.5 Å². The number of hydrogen-bond acceptors (Lipinski definition) is 4. The second-order valence-electron chi connectivity index (χ2n) is 7.06. The summed E-state index contributed by atoms with van der Waals surface area (Å²) in [5.74, 6) is 2.70. The third kappa shape index (κ3) is 6.92. The SMILES string of the molecule is CCNC(=NCc1ccc(N2CCC(C)CC2)nc1)NCc1ccccn1.I. The Morgan fingerprint density at radius 1 is 1.14 bits per heavy atom. The zero-order valence-electron chi connectivity index (χ0n) is 16.8. The van der Waals surface area contributed by atoms with Crippen molar-refractivity contribution in [3.8, 4) is 0 Å². The van der Waals surface area contributed by atoms with E-state index in [1.807, 2.05) is 24.4 Å². The molecule has 152 valence electrons. The highest BCUT2D eigenvalue weighted by atomic mass is 127. The van der Waals surface area contributed by atoms with Gasteiger partial charge in [0.2, 0.25) is 0 Å². The van der Waals surface area contributed by atoms with Crippen LogP contribution in [0.4, 0.5) is 5.82 Å². The lowest BCUT2D eigenvalue weighted by Gasteiger charge is -2.31. The summed E-state index contributed by atoms with van der Waals surface area (Å²) in [6.45, 7) is 8.67. The molecule has 7 heteroatoms. The van der Waals surface area contributed by atoms with Crippen molar-refractivity contribution >= 4 is 35.8 Å². The van der Waals surface area contributed by atoms with Crippen LogP contribution >= 0.6 is 24.0 Å². The second-order valence-corrected chi connectivity index (χ2v) is 7.06. The molecule has 0 aliphatic carbocycles. The summed E-state index contributed by atoms with van der Waals surface area (Å²) < 4.78 is 0. The predicted octanol–water partition coefficient (Wildman–Crippen LogP) is 3.59. The van der Waals surface area contributed by atoms with Crippen molar-refractivity contribution in [3.05, 3.63) is 54.0 Å². The summed E-state index contributed by atoms with van der Waals surface area (Å²) in [5.41, 5.74) is 2.10. The van der Waals surface area contributed by atoms with Gasteiger partial charge in [0.05, 0.1) is 18.8 Å². The number of nitrogens with one attached hydrogen (secondary N) is 2. The average molecular weight is 494 g/mol. The molecule has 2 aromatic rings. The molecule has 0 radical (unpaired) electrons. The number of hydrogen-bond donors (Lipinski definition) is 2. The average Bonchev–Trinajstić information content (AvgIpc) is 2.72. The molecule has 0 bridgehead atoms. The summed E-state index contributed by atoms with van der Waals surface area (Å²) >= 11 is 0. The first kappa shape index (κ1) is 22.4. The van der Waals surface area contributed by atoms with Crippen LogP contribution in [0.2, 0.25) is 0 Å². The molecule has 0 spiro atoms. The third-order valence-electron chi connectivity index (χ3n) is 4.84. The number of halogens is 1. The molecule has 0 saturated carbocycles. The monoisotopic (exact) mass is 494 g/mol. The van der Waals surface area contributed by atoms with E-state index in [0.29, 0.717) is 13.1 Å². The first-order chi connectivity index (χ1) is 13.2. The molecule has 3 rings (SSSR count). The zero-order chi connectivity index (χ0) is 18.9. The highest BCUT2D eigenvalue weighted by Crippen LogP contribution is 2.21. The van der Waals surface area contributed by atoms with Crippen molar-refractivity contribution in [2.75, 3.05) is 24.5 Å². The summed E-state index contributed by atoms with van der Waals surface area (Å²) in [6, 6.07) is 10.2. The van der Waals surface area contributed by atoms with Gasteiger partial charge in [0, 0.05) is 32.0 Å². The van der Waals surface area contributed by atoms with E-state index in [1.165, 1.54) is 12.8 Å². The van der Waals surface area contributed by atoms with E-state index in [9.17, 15) is 0 Å². The van der Waals surface area contributed by atoms with Gasteiger partial charge in [0.15, 0.2) is 5.96 Å². The van der Waals surface area contributed by atoms with E-state index in [2.05, 4.69) is 56.5 Å². The predicted molar refractivity (Wildman–Crippen MR) is 126 cm³/mol. The molecular formula is C21H31IN6. The standard InChI is InChI=1S/C21H30N6.HI/c1-3-22-21(26-16-19-6-4-5-11-23-19)25-15-18-7-8-20(24-14-18)27-12-9-17(2)10-13-27;/h4-8,11,14,17H,3,9-10,12-13,15-16H2,1-2H3,(H2,22,25,26);1H. The van der Waals surface area contributed by atoms with Gasteiger partial charge < -0.3 is 15.5 Å². The molecule has 6 nitrogen and oxygen atoms in total. The van der Waals surface area contributed by atoms with E-state index in [4.69, 9.17) is 0 Å². The number of pyridine rings is 2. The summed E-state index contributed by atoms with van der Waals surface area (Å²) in [6.07, 6.45) is 6.25. The Labute approximate surface area is 185 Å². The fourth-order valence-electron chi connectivity index (χ4n) is 3.12. The third-order valence-corrected chi connectivity index (χ3v) is 4.84. The minimum atomic E-state index is 0. The van der Waals surface area contributed by atoms with E-state index in [-0.39, 0.29) is 24.0 Å². The topological polar surface area (TPSA) is 65.4 Å². The molecule has 1 aliphatic rings. The van der Waals surface area contributed by atoms with Gasteiger partial charge in [-0.2, -0.15) is 0 Å². The molecule has 1 aliphatic heterocycles. The van der Waals surface area contributed by atoms with Gasteiger partial charge in [-0.25, -0.2) is 9.98 Å². The van der Waals surface area contributed by atoms with E-state index >= 15 is 0 Å². The summed E-state index contributed by atoms with van der Waals surface area (Å²) in [7, 11) is 0. The minimum absolute atomic E-state index is 0. The van der Waals surface area contributed by atoms with E-state index in [1.54, 1.807) is 6.20 Å². The van der Waals surface area contributed by atoms with E-state index in [0.717, 1.165) is 48.6 Å². The summed E-state index contributed by atoms with van der Waals surface area (Å²) in [4.78, 5) is 16.0. The highest BCUT2D eigenvalue weighted by Gasteiger charge is 2.16. The Morgan fingerprint density at radius 3 is 2.61 bits per heavy atom. The molecule has 2 aromatic heterocycles. The number of piperidine rings is 1. The Morgan fingerprint density at radius 2 is 1.96 bits per heavy atom. The van der Waals surface area contributed by atoms with Crippen molar-refractivity contribution in [1.82, 2.24) is 20.6 Å². The van der Waals surface area contributed by atoms with Crippen molar-refractivity contribution in [2.24, 2.45) is 10.9 Å². The Kier molecular flexibility index (Phi) is 9.46. The number of anilines is 1. The lowest BCUT2D eigenvalue weighted by atomic mass is 9.99. The number of aliphatic imine (C=N–C) groups is 1. The van der Waals surface area contributed by atoms with Gasteiger partial charge in [0.1, 0.15) is 5.82 Å². The van der Waals surface area contributed by atoms with Crippen LogP contribution in [-0.2, 0) is 13.1 Å². The molecule has 1 fully saturated rings. The van der Waals surface area contributed by atoms with Crippen molar-refractivity contribution in [3.63, 3.8) is 0 Å². The van der Waals surface area contributed by atoms with Crippen molar-refractivity contribution < 1.29 is 0 Å². The van der Waals surface area contributed by atoms with Crippen LogP contribution in [0.1, 0.15) is 37.9 Å². The lowest BCUT2D eigenvalue weighted by molar-refractivity contribution is 0.436. The molecule has 3 heterocycles. The van der Waals surface area contributed by atoms with Gasteiger partial charge >= 0.3 is 0 Å². The van der Waals surface area contributed by atoms with Crippen molar-refractivity contribution in [1.29, 1.82) is 0 Å². The van der Waals surface area contributed by atoms with Crippen LogP contribution in [0.15, 0.2) is 47.7 Å². The Bertz CT molecular complexity index is 711. The smallest absolute Gasteiger partial charge is 0.191 e. The van der Waals surface area contributed by atoms with Gasteiger partial charge in [-0.3, -0.25) is 4.98 Å². The first-order valence-electron chi connectivity index (χ1n) is 9.86. The molecule has 28 heavy (non-hydrogen) atoms. The number of aromatic nitrogens is 2. The minimum Gasteiger partial charge on any atom is -0.357 e. The molecular weight excluding hydrogens is 463 g/mol. The van der Waals surface area contributed by atoms with Crippen LogP contribution in [-0.4, -0.2) is 35.6 Å². The highest BCUT2D eigenvalue weighted by molar-refractivity contribution is 14.0. The Hall–Kier alpha value is -1.90. The van der Waals surface area contributed by atoms with Gasteiger partial charge in [-0.05, 0) is 49.4 Å². The fourth-order valence-corrected chi connectivity index (χ4v) is 3.12. The fraction of sp³-hybridized carbons (Fsp3) is 0.476. The van der Waals surface area contributed by atoms with Crippen molar-refractivity contribution in [2.45, 2.75) is 39.8 Å². The van der Waals surface area contributed by atoms with Crippen LogP contribution in [0.25, 0.3) is 0 Å². The van der Waals surface area contributed by atoms with Gasteiger partial charge in [0.25, 0.3) is 0 Å². The molecule has 0 aromatic carbocycles. The lowest BCUT2D eigenvalue weighted by Crippen LogP contribution is -2.37. The summed E-state index contributed by atoms with van der Waals surface area (Å²) in [5, 5.41) is 6.59. The molecule has 1 saturated heterocycles. The molecule has 0 atom stereocenters. The van der Waals surface area contributed by atoms with Crippen LogP contribution in [0.3, 0.4) is 0 Å². The number of guanidine groups is 1. The number of rotatable bonds is 6.